The quantitative estimate of drug-likeness (QED) is 0.709. The standard InChI is InChI=1S/C12H9N3O2S/c1-2-18-7-5-3-4-6-8(7)12(17)10-9(11(6)16)13-15-14-10/h3-5H,2H2,1H3,(H,13,14,15). The minimum Gasteiger partial charge on any atom is -0.287 e. The minimum atomic E-state index is -0.244. The number of nitrogens with zero attached hydrogens (tertiary/aromatic N) is 2. The molecule has 90 valence electrons. The first kappa shape index (κ1) is 11.2. The van der Waals surface area contributed by atoms with Crippen molar-refractivity contribution in [2.24, 2.45) is 0 Å². The van der Waals surface area contributed by atoms with E-state index in [9.17, 15) is 9.59 Å². The average Bonchev–Trinajstić information content (AvgIpc) is 2.86. The molecule has 1 aromatic heterocycles. The van der Waals surface area contributed by atoms with Crippen LogP contribution in [0.25, 0.3) is 0 Å². The highest BCUT2D eigenvalue weighted by atomic mass is 32.2. The fraction of sp³-hybridized carbons (Fsp3) is 0.167. The van der Waals surface area contributed by atoms with E-state index in [4.69, 9.17) is 0 Å². The predicted octanol–water partition coefficient (Wildman–Crippen LogP) is 1.69. The lowest BCUT2D eigenvalue weighted by molar-refractivity contribution is 0.0972. The summed E-state index contributed by atoms with van der Waals surface area (Å²) in [4.78, 5) is 25.3. The molecule has 0 unspecified atom stereocenters. The Labute approximate surface area is 107 Å². The van der Waals surface area contributed by atoms with Gasteiger partial charge in [-0.3, -0.25) is 9.59 Å². The molecular weight excluding hydrogens is 250 g/mol. The summed E-state index contributed by atoms with van der Waals surface area (Å²) in [5.41, 5.74) is 1.11. The molecule has 0 bridgehead atoms. The average molecular weight is 259 g/mol. The van der Waals surface area contributed by atoms with E-state index in [0.29, 0.717) is 11.1 Å². The molecular formula is C12H9N3O2S. The number of nitrogens with one attached hydrogen (secondary N) is 1. The molecule has 0 radical (unpaired) electrons. The van der Waals surface area contributed by atoms with Gasteiger partial charge in [-0.25, -0.2) is 0 Å². The molecule has 1 aromatic carbocycles. The second-order valence-corrected chi connectivity index (χ2v) is 5.10. The lowest BCUT2D eigenvalue weighted by atomic mass is 9.90. The Bertz CT molecular complexity index is 663. The Morgan fingerprint density at radius 1 is 1.17 bits per heavy atom. The fourth-order valence-corrected chi connectivity index (χ4v) is 2.86. The van der Waals surface area contributed by atoms with Crippen molar-refractivity contribution in [3.8, 4) is 0 Å². The predicted molar refractivity (Wildman–Crippen MR) is 66.1 cm³/mol. The number of carbonyl (C=O) groups is 2. The van der Waals surface area contributed by atoms with E-state index < -0.39 is 0 Å². The molecule has 1 N–H and O–H groups in total. The van der Waals surface area contributed by atoms with Crippen LogP contribution in [0.15, 0.2) is 23.1 Å². The van der Waals surface area contributed by atoms with Crippen molar-refractivity contribution in [3.05, 3.63) is 40.7 Å². The molecule has 0 spiro atoms. The van der Waals surface area contributed by atoms with Crippen LogP contribution in [0.1, 0.15) is 39.0 Å². The summed E-state index contributed by atoms with van der Waals surface area (Å²) < 4.78 is 0. The smallest absolute Gasteiger partial charge is 0.217 e. The minimum absolute atomic E-state index is 0.117. The number of rotatable bonds is 2. The van der Waals surface area contributed by atoms with Crippen molar-refractivity contribution < 1.29 is 9.59 Å². The second-order valence-electron chi connectivity index (χ2n) is 3.79. The molecule has 1 heterocycles. The second kappa shape index (κ2) is 4.06. The van der Waals surface area contributed by atoms with E-state index in [1.54, 1.807) is 23.9 Å². The summed E-state index contributed by atoms with van der Waals surface area (Å²) in [7, 11) is 0. The molecule has 0 saturated carbocycles. The number of carbonyl (C=O) groups excluding carboxylic acids is 2. The van der Waals surface area contributed by atoms with Crippen molar-refractivity contribution in [1.82, 2.24) is 15.4 Å². The van der Waals surface area contributed by atoms with E-state index in [1.807, 2.05) is 13.0 Å². The molecule has 1 aliphatic carbocycles. The molecule has 0 amide bonds. The maximum Gasteiger partial charge on any atom is 0.217 e. The number of hydrogen-bond acceptors (Lipinski definition) is 5. The zero-order valence-electron chi connectivity index (χ0n) is 9.56. The third-order valence-electron chi connectivity index (χ3n) is 2.78. The highest BCUT2D eigenvalue weighted by Crippen LogP contribution is 2.32. The van der Waals surface area contributed by atoms with E-state index in [-0.39, 0.29) is 23.0 Å². The molecule has 0 atom stereocenters. The van der Waals surface area contributed by atoms with Gasteiger partial charge in [-0.15, -0.1) is 11.8 Å². The maximum absolute atomic E-state index is 12.3. The van der Waals surface area contributed by atoms with E-state index in [2.05, 4.69) is 15.4 Å². The summed E-state index contributed by atoms with van der Waals surface area (Å²) in [6.07, 6.45) is 0. The summed E-state index contributed by atoms with van der Waals surface area (Å²) in [6.45, 7) is 2.00. The van der Waals surface area contributed by atoms with Gasteiger partial charge in [0, 0.05) is 16.0 Å². The van der Waals surface area contributed by atoms with Crippen molar-refractivity contribution in [2.45, 2.75) is 11.8 Å². The van der Waals surface area contributed by atoms with Crippen LogP contribution in [0.3, 0.4) is 0 Å². The highest BCUT2D eigenvalue weighted by molar-refractivity contribution is 7.99. The Morgan fingerprint density at radius 2 is 1.89 bits per heavy atom. The molecule has 1 aliphatic rings. The van der Waals surface area contributed by atoms with Gasteiger partial charge in [0.1, 0.15) is 0 Å². The number of H-pyrrole nitrogens is 1. The molecule has 18 heavy (non-hydrogen) atoms. The van der Waals surface area contributed by atoms with Gasteiger partial charge < -0.3 is 0 Å². The summed E-state index contributed by atoms with van der Waals surface area (Å²) in [5.74, 6) is 0.362. The van der Waals surface area contributed by atoms with Crippen LogP contribution in [0, 0.1) is 0 Å². The van der Waals surface area contributed by atoms with Crippen molar-refractivity contribution in [3.63, 3.8) is 0 Å². The number of aromatic nitrogens is 3. The van der Waals surface area contributed by atoms with Gasteiger partial charge in [-0.2, -0.15) is 15.4 Å². The van der Waals surface area contributed by atoms with Gasteiger partial charge in [0.2, 0.25) is 11.6 Å². The van der Waals surface area contributed by atoms with Gasteiger partial charge in [0.15, 0.2) is 11.4 Å². The van der Waals surface area contributed by atoms with Crippen LogP contribution >= 0.6 is 11.8 Å². The van der Waals surface area contributed by atoms with Gasteiger partial charge in [-0.1, -0.05) is 19.1 Å². The molecule has 6 heteroatoms. The van der Waals surface area contributed by atoms with E-state index in [0.717, 1.165) is 10.6 Å². The summed E-state index contributed by atoms with van der Waals surface area (Å²) in [6, 6.07) is 5.29. The molecule has 3 rings (SSSR count). The van der Waals surface area contributed by atoms with Crippen LogP contribution in [0.4, 0.5) is 0 Å². The zero-order valence-corrected chi connectivity index (χ0v) is 10.4. The number of thioether (sulfide) groups is 1. The number of benzene rings is 1. The van der Waals surface area contributed by atoms with Gasteiger partial charge in [0.05, 0.1) is 0 Å². The number of aromatic amines is 1. The van der Waals surface area contributed by atoms with Gasteiger partial charge in [0.25, 0.3) is 0 Å². The Kier molecular flexibility index (Phi) is 2.52. The Balaban J connectivity index is 2.26. The topological polar surface area (TPSA) is 75.7 Å². The van der Waals surface area contributed by atoms with Gasteiger partial charge >= 0.3 is 0 Å². The molecule has 2 aromatic rings. The lowest BCUT2D eigenvalue weighted by Crippen LogP contribution is -2.21. The first-order valence-electron chi connectivity index (χ1n) is 5.50. The monoisotopic (exact) mass is 259 g/mol. The Hall–Kier alpha value is -1.95. The van der Waals surface area contributed by atoms with Crippen LogP contribution in [-0.4, -0.2) is 32.7 Å². The van der Waals surface area contributed by atoms with Crippen molar-refractivity contribution in [1.29, 1.82) is 0 Å². The first-order chi connectivity index (χ1) is 8.74. The Morgan fingerprint density at radius 3 is 2.61 bits per heavy atom. The number of ketones is 2. The van der Waals surface area contributed by atoms with E-state index in [1.165, 1.54) is 0 Å². The number of fused-ring (bicyclic) bond motifs is 2. The summed E-state index contributed by atoms with van der Waals surface area (Å²) in [5, 5.41) is 9.86. The lowest BCUT2D eigenvalue weighted by Gasteiger charge is -2.15. The van der Waals surface area contributed by atoms with Crippen molar-refractivity contribution in [2.75, 3.05) is 5.75 Å². The number of hydrogen-bond donors (Lipinski definition) is 1. The maximum atomic E-state index is 12.3. The molecule has 0 saturated heterocycles. The van der Waals surface area contributed by atoms with Crippen LogP contribution < -0.4 is 0 Å². The zero-order chi connectivity index (χ0) is 12.7. The molecule has 5 nitrogen and oxygen atoms in total. The molecule has 0 aliphatic heterocycles. The highest BCUT2D eigenvalue weighted by Gasteiger charge is 2.34. The van der Waals surface area contributed by atoms with Crippen LogP contribution in [-0.2, 0) is 0 Å². The van der Waals surface area contributed by atoms with Crippen LogP contribution in [0.2, 0.25) is 0 Å². The fourth-order valence-electron chi connectivity index (χ4n) is 2.02. The first-order valence-corrected chi connectivity index (χ1v) is 6.48. The third-order valence-corrected chi connectivity index (χ3v) is 3.72. The SMILES string of the molecule is CCSc1cccc2c1C(=O)c1n[nH]nc1C2=O. The normalized spacial score (nSPS) is 13.4. The van der Waals surface area contributed by atoms with Crippen molar-refractivity contribution >= 4 is 23.3 Å². The molecule has 0 fully saturated rings. The van der Waals surface area contributed by atoms with Gasteiger partial charge in [-0.05, 0) is 11.8 Å². The van der Waals surface area contributed by atoms with Crippen LogP contribution in [0.5, 0.6) is 0 Å². The third kappa shape index (κ3) is 1.42. The van der Waals surface area contributed by atoms with E-state index >= 15 is 0 Å². The summed E-state index contributed by atoms with van der Waals surface area (Å²) >= 11 is 1.54. The largest absolute Gasteiger partial charge is 0.287 e.